The number of hydrogen-bond donors (Lipinski definition) is 10. The van der Waals surface area contributed by atoms with Crippen molar-refractivity contribution in [3.05, 3.63) is 60.2 Å². The van der Waals surface area contributed by atoms with Gasteiger partial charge in [-0.1, -0.05) is 0 Å². The molecule has 0 aliphatic carbocycles. The lowest BCUT2D eigenvalue weighted by molar-refractivity contribution is 0.444. The standard InChI is InChI=1S/C31H22N4O22S6/c1-11-2-15(58(40,41)42)3-12-8-22(63(55,56)57)29(37)28(23(11)12)35-34-26-20(61(49,50)51)6-13-4-16(59(43,44)45)9-18(24(13)30(26)38)32-33-27-21(62(52,53)54)7-14-5-17(60(46,47)48)10-19(36)25(14)31(27)39/h2-10,36-39H,1H3,(H,40,41,42)(H,43,44,45)(H,46,47,48)(H,49,50,51)(H,52,53,54)(H,55,56,57). The largest absolute Gasteiger partial charge is 0.507 e. The zero-order chi connectivity index (χ0) is 47.3. The predicted octanol–water partition coefficient (Wildman–Crippen LogP) is 4.59. The number of hydrogen-bond acceptors (Lipinski definition) is 20. The molecule has 26 nitrogen and oxygen atoms in total. The van der Waals surface area contributed by atoms with Crippen LogP contribution in [0.2, 0.25) is 0 Å². The lowest BCUT2D eigenvalue weighted by atomic mass is 10.0. The molecule has 0 saturated carbocycles. The van der Waals surface area contributed by atoms with Gasteiger partial charge in [0.2, 0.25) is 0 Å². The Morgan fingerprint density at radius 3 is 1.19 bits per heavy atom. The zero-order valence-electron chi connectivity index (χ0n) is 30.3. The SMILES string of the molecule is Cc1cc(S(=O)(=O)O)cc2cc(S(=O)(=O)O)c(O)c(N=Nc3c(S(=O)(=O)O)cc4cc(S(=O)(=O)O)cc(N=Nc5c(S(=O)(=O)O)cc6cc(S(=O)(=O)O)cc(O)c6c5O)c4c3O)c12. The number of aryl methyl sites for hydroxylation is 1. The highest BCUT2D eigenvalue weighted by Gasteiger charge is 2.29. The Morgan fingerprint density at radius 2 is 0.730 bits per heavy atom. The molecule has 32 heteroatoms. The highest BCUT2D eigenvalue weighted by atomic mass is 32.2. The van der Waals surface area contributed by atoms with Crippen molar-refractivity contribution in [3.63, 3.8) is 0 Å². The molecule has 0 heterocycles. The molecule has 0 radical (unpaired) electrons. The van der Waals surface area contributed by atoms with E-state index in [0.717, 1.165) is 13.0 Å². The molecule has 6 aromatic rings. The van der Waals surface area contributed by atoms with Gasteiger partial charge in [0.1, 0.15) is 37.5 Å². The topological polar surface area (TPSA) is 457 Å². The van der Waals surface area contributed by atoms with Crippen LogP contribution in [-0.2, 0) is 60.7 Å². The molecule has 0 fully saturated rings. The molecule has 0 atom stereocenters. The Labute approximate surface area is 352 Å². The average molecular weight is 995 g/mol. The van der Waals surface area contributed by atoms with Gasteiger partial charge in [-0.15, -0.1) is 20.5 Å². The number of phenolic OH excluding ortho intramolecular Hbond substituents is 4. The average Bonchev–Trinajstić information content (AvgIpc) is 3.11. The van der Waals surface area contributed by atoms with Gasteiger partial charge < -0.3 is 20.4 Å². The van der Waals surface area contributed by atoms with Crippen molar-refractivity contribution in [2.75, 3.05) is 0 Å². The van der Waals surface area contributed by atoms with Gasteiger partial charge in [-0.2, -0.15) is 50.5 Å². The summed E-state index contributed by atoms with van der Waals surface area (Å²) in [5.74, 6) is -5.38. The summed E-state index contributed by atoms with van der Waals surface area (Å²) in [6.07, 6.45) is 0. The molecule has 0 aliphatic rings. The fourth-order valence-electron chi connectivity index (χ4n) is 6.15. The van der Waals surface area contributed by atoms with Crippen molar-refractivity contribution in [1.29, 1.82) is 0 Å². The highest BCUT2D eigenvalue weighted by Crippen LogP contribution is 2.50. The van der Waals surface area contributed by atoms with Crippen molar-refractivity contribution in [1.82, 2.24) is 0 Å². The minimum Gasteiger partial charge on any atom is -0.507 e. The van der Waals surface area contributed by atoms with Gasteiger partial charge in [0.05, 0.1) is 31.1 Å². The van der Waals surface area contributed by atoms with Crippen LogP contribution in [0.1, 0.15) is 5.56 Å². The molecule has 6 aromatic carbocycles. The number of rotatable bonds is 10. The Hall–Kier alpha value is -6.04. The Morgan fingerprint density at radius 1 is 0.365 bits per heavy atom. The molecule has 0 saturated heterocycles. The first kappa shape index (κ1) is 46.5. The van der Waals surface area contributed by atoms with E-state index in [2.05, 4.69) is 20.5 Å². The maximum absolute atomic E-state index is 12.7. The molecule has 0 aromatic heterocycles. The fourth-order valence-corrected chi connectivity index (χ4v) is 9.76. The molecule has 0 bridgehead atoms. The summed E-state index contributed by atoms with van der Waals surface area (Å²) in [4.78, 5) is -7.17. The van der Waals surface area contributed by atoms with E-state index in [9.17, 15) is 98.2 Å². The quantitative estimate of drug-likeness (QED) is 0.0662. The molecular weight excluding hydrogens is 973 g/mol. The summed E-state index contributed by atoms with van der Waals surface area (Å²) in [7, 11) is -32.0. The van der Waals surface area contributed by atoms with E-state index in [1.54, 1.807) is 0 Å². The van der Waals surface area contributed by atoms with Crippen LogP contribution in [0.3, 0.4) is 0 Å². The Balaban J connectivity index is 1.71. The van der Waals surface area contributed by atoms with Gasteiger partial charge in [0, 0.05) is 11.5 Å². The molecule has 0 spiro atoms. The number of nitrogens with zero attached hydrogens (tertiary/aromatic N) is 4. The van der Waals surface area contributed by atoms with Gasteiger partial charge in [0.15, 0.2) is 17.2 Å². The van der Waals surface area contributed by atoms with E-state index in [4.69, 9.17) is 0 Å². The molecule has 63 heavy (non-hydrogen) atoms. The summed E-state index contributed by atoms with van der Waals surface area (Å²) >= 11 is 0. The summed E-state index contributed by atoms with van der Waals surface area (Å²) in [6.45, 7) is 1.16. The number of phenols is 4. The summed E-state index contributed by atoms with van der Waals surface area (Å²) in [6, 6.07) is 4.74. The van der Waals surface area contributed by atoms with Gasteiger partial charge >= 0.3 is 0 Å². The molecule has 0 aliphatic heterocycles. The van der Waals surface area contributed by atoms with Crippen LogP contribution in [0, 0.1) is 6.92 Å². The summed E-state index contributed by atoms with van der Waals surface area (Å²) in [5.41, 5.74) is -4.83. The van der Waals surface area contributed by atoms with Crippen molar-refractivity contribution in [3.8, 4) is 23.0 Å². The maximum Gasteiger partial charge on any atom is 0.298 e. The highest BCUT2D eigenvalue weighted by molar-refractivity contribution is 7.87. The smallest absolute Gasteiger partial charge is 0.298 e. The lowest BCUT2D eigenvalue weighted by Gasteiger charge is -2.14. The molecule has 10 N–H and O–H groups in total. The predicted molar refractivity (Wildman–Crippen MR) is 210 cm³/mol. The second kappa shape index (κ2) is 15.1. The van der Waals surface area contributed by atoms with Crippen LogP contribution in [0.5, 0.6) is 23.0 Å². The summed E-state index contributed by atoms with van der Waals surface area (Å²) < 4.78 is 205. The number of fused-ring (bicyclic) bond motifs is 3. The Bertz CT molecular complexity index is 3840. The van der Waals surface area contributed by atoms with Gasteiger partial charge in [-0.3, -0.25) is 27.3 Å². The van der Waals surface area contributed by atoms with E-state index >= 15 is 0 Å². The third-order valence-electron chi connectivity index (χ3n) is 8.76. The first-order valence-corrected chi connectivity index (χ1v) is 24.6. The van der Waals surface area contributed by atoms with Crippen LogP contribution >= 0.6 is 0 Å². The minimum atomic E-state index is -5.62. The first-order chi connectivity index (χ1) is 28.6. The van der Waals surface area contributed by atoms with E-state index in [1.807, 2.05) is 0 Å². The number of benzene rings is 6. The van der Waals surface area contributed by atoms with E-state index in [-0.39, 0.29) is 10.9 Å². The third-order valence-corrected chi connectivity index (χ3v) is 13.9. The molecule has 0 unspecified atom stereocenters. The van der Waals surface area contributed by atoms with Crippen LogP contribution in [-0.4, -0.2) is 98.2 Å². The fraction of sp³-hybridized carbons (Fsp3) is 0.0323. The second-order valence-electron chi connectivity index (χ2n) is 12.9. The van der Waals surface area contributed by atoms with Crippen molar-refractivity contribution >= 4 is 116 Å². The molecule has 334 valence electrons. The van der Waals surface area contributed by atoms with Crippen molar-refractivity contribution < 1.29 is 98.2 Å². The maximum atomic E-state index is 12.7. The third kappa shape index (κ3) is 8.81. The van der Waals surface area contributed by atoms with Crippen molar-refractivity contribution in [2.24, 2.45) is 20.5 Å². The van der Waals surface area contributed by atoms with Crippen LogP contribution in [0.4, 0.5) is 22.7 Å². The van der Waals surface area contributed by atoms with Gasteiger partial charge in [-0.05, 0) is 77.2 Å². The van der Waals surface area contributed by atoms with Gasteiger partial charge in [-0.25, -0.2) is 0 Å². The van der Waals surface area contributed by atoms with E-state index in [1.165, 1.54) is 0 Å². The first-order valence-electron chi connectivity index (χ1n) is 16.0. The lowest BCUT2D eigenvalue weighted by Crippen LogP contribution is -2.02. The number of azo groups is 2. The zero-order valence-corrected chi connectivity index (χ0v) is 35.2. The minimum absolute atomic E-state index is 0.196. The van der Waals surface area contributed by atoms with Crippen LogP contribution in [0.15, 0.2) is 104 Å². The summed E-state index contributed by atoms with van der Waals surface area (Å²) in [5, 5.41) is 54.5. The Kier molecular flexibility index (Phi) is 11.1. The van der Waals surface area contributed by atoms with E-state index < -0.39 is 163 Å². The second-order valence-corrected chi connectivity index (χ2v) is 21.3. The van der Waals surface area contributed by atoms with E-state index in [0.29, 0.717) is 48.5 Å². The molecular formula is C31H22N4O22S6. The molecule has 0 amide bonds. The van der Waals surface area contributed by atoms with Crippen LogP contribution in [0.25, 0.3) is 32.3 Å². The van der Waals surface area contributed by atoms with Gasteiger partial charge in [0.25, 0.3) is 60.7 Å². The van der Waals surface area contributed by atoms with Crippen LogP contribution < -0.4 is 0 Å². The monoisotopic (exact) mass is 994 g/mol. The van der Waals surface area contributed by atoms with Crippen molar-refractivity contribution in [2.45, 2.75) is 36.3 Å². The molecule has 6 rings (SSSR count). The normalized spacial score (nSPS) is 13.6. The number of aromatic hydroxyl groups is 4.